The van der Waals surface area contributed by atoms with Crippen LogP contribution >= 0.6 is 0 Å². The molecular formula is C36H62O3. The Bertz CT molecular complexity index is 668. The van der Waals surface area contributed by atoms with Crippen molar-refractivity contribution in [2.24, 2.45) is 34.5 Å². The molecule has 5 aliphatic carbocycles. The van der Waals surface area contributed by atoms with Gasteiger partial charge in [-0.15, -0.1) is 0 Å². The van der Waals surface area contributed by atoms with E-state index in [0.717, 1.165) is 42.7 Å². The number of rotatable bonds is 12. The van der Waals surface area contributed by atoms with E-state index in [-0.39, 0.29) is 10.8 Å². The van der Waals surface area contributed by atoms with Crippen LogP contribution in [0, 0.1) is 34.5 Å². The molecule has 0 aromatic rings. The van der Waals surface area contributed by atoms with Crippen molar-refractivity contribution in [2.45, 2.75) is 174 Å². The molecule has 0 aromatic carbocycles. The van der Waals surface area contributed by atoms with Crippen LogP contribution in [0.15, 0.2) is 0 Å². The molecule has 0 saturated heterocycles. The predicted octanol–water partition coefficient (Wildman–Crippen LogP) is 9.84. The first-order valence-electron chi connectivity index (χ1n) is 17.9. The summed E-state index contributed by atoms with van der Waals surface area (Å²) in [5, 5.41) is 0. The average molecular weight is 543 g/mol. The summed E-state index contributed by atoms with van der Waals surface area (Å²) >= 11 is 0. The monoisotopic (exact) mass is 542 g/mol. The lowest BCUT2D eigenvalue weighted by Crippen LogP contribution is -2.60. The molecule has 0 radical (unpaired) electrons. The fourth-order valence-corrected chi connectivity index (χ4v) is 10.1. The second kappa shape index (κ2) is 14.2. The lowest BCUT2D eigenvalue weighted by Gasteiger charge is -2.60. The van der Waals surface area contributed by atoms with Crippen LogP contribution in [0.25, 0.3) is 0 Å². The van der Waals surface area contributed by atoms with Gasteiger partial charge in [0.05, 0.1) is 12.2 Å². The largest absolute Gasteiger partial charge is 0.378 e. The average Bonchev–Trinajstić information content (AvgIpc) is 2.99. The third-order valence-corrected chi connectivity index (χ3v) is 12.6. The fraction of sp³-hybridized carbons (Fsp3) is 0.972. The highest BCUT2D eigenvalue weighted by molar-refractivity contribution is 5.96. The molecular weight excluding hydrogens is 480 g/mol. The van der Waals surface area contributed by atoms with Gasteiger partial charge in [-0.25, -0.2) is 0 Å². The third-order valence-electron chi connectivity index (χ3n) is 12.6. The summed E-state index contributed by atoms with van der Waals surface area (Å²) < 4.78 is 12.4. The molecule has 0 aliphatic heterocycles. The Morgan fingerprint density at radius 1 is 0.538 bits per heavy atom. The first-order valence-corrected chi connectivity index (χ1v) is 17.9. The summed E-state index contributed by atoms with van der Waals surface area (Å²) in [6, 6.07) is 0. The molecule has 0 atom stereocenters. The summed E-state index contributed by atoms with van der Waals surface area (Å²) in [6.45, 7) is 6.46. The van der Waals surface area contributed by atoms with Gasteiger partial charge in [-0.05, 0) is 146 Å². The van der Waals surface area contributed by atoms with Gasteiger partial charge in [-0.2, -0.15) is 0 Å². The number of hydrogen-bond donors (Lipinski definition) is 0. The van der Waals surface area contributed by atoms with Gasteiger partial charge in [0.2, 0.25) is 0 Å². The number of carbonyl (C=O) groups excluding carboxylic acids is 1. The van der Waals surface area contributed by atoms with Gasteiger partial charge in [0, 0.05) is 24.0 Å². The summed E-state index contributed by atoms with van der Waals surface area (Å²) in [5.41, 5.74) is 0.187. The standard InChI is InChI=1S/C36H62O3/c1-3-5-7-25-38-32-13-9-28(10-14-32)30-17-21-35(22-18-30)27-36(34(35)37)23-19-31(20-24-36)29-11-15-33(16-12-29)39-26-8-6-4-2/h28-33H,3-27H2,1-2H3/t28?,29?,30-,31?,32?,33?,35-,36-. The van der Waals surface area contributed by atoms with E-state index in [1.165, 1.54) is 148 Å². The van der Waals surface area contributed by atoms with Crippen molar-refractivity contribution in [3.05, 3.63) is 0 Å². The minimum atomic E-state index is 0.0934. The quantitative estimate of drug-likeness (QED) is 0.230. The van der Waals surface area contributed by atoms with E-state index >= 15 is 0 Å². The van der Waals surface area contributed by atoms with Gasteiger partial charge in [0.15, 0.2) is 0 Å². The van der Waals surface area contributed by atoms with Crippen molar-refractivity contribution in [2.75, 3.05) is 13.2 Å². The van der Waals surface area contributed by atoms with E-state index < -0.39 is 0 Å². The Hall–Kier alpha value is -0.410. The molecule has 5 fully saturated rings. The Morgan fingerprint density at radius 2 is 0.897 bits per heavy atom. The van der Waals surface area contributed by atoms with Crippen LogP contribution in [0.3, 0.4) is 0 Å². The minimum absolute atomic E-state index is 0.0934. The molecule has 224 valence electrons. The van der Waals surface area contributed by atoms with E-state index in [2.05, 4.69) is 13.8 Å². The molecule has 0 amide bonds. The first kappa shape index (κ1) is 30.1. The van der Waals surface area contributed by atoms with Crippen LogP contribution in [0.2, 0.25) is 0 Å². The Morgan fingerprint density at radius 3 is 1.23 bits per heavy atom. The zero-order valence-electron chi connectivity index (χ0n) is 25.9. The van der Waals surface area contributed by atoms with Gasteiger partial charge in [-0.3, -0.25) is 4.79 Å². The smallest absolute Gasteiger partial charge is 0.145 e. The van der Waals surface area contributed by atoms with Crippen molar-refractivity contribution >= 4 is 5.78 Å². The molecule has 39 heavy (non-hydrogen) atoms. The van der Waals surface area contributed by atoms with E-state index in [4.69, 9.17) is 9.47 Å². The topological polar surface area (TPSA) is 35.5 Å². The van der Waals surface area contributed by atoms with Crippen molar-refractivity contribution in [1.82, 2.24) is 0 Å². The van der Waals surface area contributed by atoms with Crippen molar-refractivity contribution in [3.8, 4) is 0 Å². The van der Waals surface area contributed by atoms with Crippen LogP contribution in [0.1, 0.15) is 162 Å². The Kier molecular flexibility index (Phi) is 10.9. The summed E-state index contributed by atoms with van der Waals surface area (Å²) in [4.78, 5) is 13.8. The van der Waals surface area contributed by atoms with Gasteiger partial charge in [-0.1, -0.05) is 39.5 Å². The van der Waals surface area contributed by atoms with Gasteiger partial charge in [0.25, 0.3) is 0 Å². The predicted molar refractivity (Wildman–Crippen MR) is 161 cm³/mol. The highest BCUT2D eigenvalue weighted by Gasteiger charge is 2.63. The normalized spacial score (nSPS) is 41.1. The Labute approximate surface area is 241 Å². The maximum atomic E-state index is 13.8. The maximum Gasteiger partial charge on any atom is 0.145 e. The second-order valence-corrected chi connectivity index (χ2v) is 15.0. The van der Waals surface area contributed by atoms with Crippen molar-refractivity contribution < 1.29 is 14.3 Å². The lowest BCUT2D eigenvalue weighted by atomic mass is 9.42. The number of Topliss-reactive ketones (excluding diaryl/α,β-unsaturated/α-hetero) is 1. The van der Waals surface area contributed by atoms with E-state index in [9.17, 15) is 4.79 Å². The fourth-order valence-electron chi connectivity index (χ4n) is 10.1. The number of hydrogen-bond acceptors (Lipinski definition) is 3. The van der Waals surface area contributed by atoms with Crippen molar-refractivity contribution in [3.63, 3.8) is 0 Å². The zero-order valence-corrected chi connectivity index (χ0v) is 25.9. The summed E-state index contributed by atoms with van der Waals surface area (Å²) in [7, 11) is 0. The molecule has 5 saturated carbocycles. The summed E-state index contributed by atoms with van der Waals surface area (Å²) in [5.74, 6) is 4.27. The van der Waals surface area contributed by atoms with Gasteiger partial charge < -0.3 is 9.47 Å². The molecule has 2 spiro atoms. The molecule has 0 N–H and O–H groups in total. The first-order chi connectivity index (χ1) is 19.1. The lowest BCUT2D eigenvalue weighted by molar-refractivity contribution is -0.170. The minimum Gasteiger partial charge on any atom is -0.378 e. The molecule has 0 unspecified atom stereocenters. The highest BCUT2D eigenvalue weighted by atomic mass is 16.5. The van der Waals surface area contributed by atoms with Gasteiger partial charge >= 0.3 is 0 Å². The second-order valence-electron chi connectivity index (χ2n) is 15.0. The third kappa shape index (κ3) is 7.15. The molecule has 3 heteroatoms. The zero-order chi connectivity index (χ0) is 27.1. The van der Waals surface area contributed by atoms with Crippen LogP contribution in [-0.2, 0) is 14.3 Å². The number of unbranched alkanes of at least 4 members (excludes halogenated alkanes) is 4. The molecule has 3 nitrogen and oxygen atoms in total. The SMILES string of the molecule is CCCCCOC1CCC(C2CC[C@]3(CC2)C[C@@]2(CC[C@H](C4CCC(OCCCCC)CC4)CC2)C3=O)CC1. The molecule has 5 aliphatic rings. The van der Waals surface area contributed by atoms with Crippen LogP contribution in [0.5, 0.6) is 0 Å². The Balaban J connectivity index is 0.984. The molecule has 5 rings (SSSR count). The number of carbonyl (C=O) groups is 1. The van der Waals surface area contributed by atoms with E-state index in [0.29, 0.717) is 12.2 Å². The molecule has 0 bridgehead atoms. The van der Waals surface area contributed by atoms with Crippen LogP contribution in [0.4, 0.5) is 0 Å². The van der Waals surface area contributed by atoms with Gasteiger partial charge in [0.1, 0.15) is 5.78 Å². The molecule has 0 heterocycles. The van der Waals surface area contributed by atoms with Crippen molar-refractivity contribution in [1.29, 1.82) is 0 Å². The van der Waals surface area contributed by atoms with Crippen LogP contribution < -0.4 is 0 Å². The van der Waals surface area contributed by atoms with E-state index in [1.807, 2.05) is 0 Å². The van der Waals surface area contributed by atoms with Crippen LogP contribution in [-0.4, -0.2) is 31.2 Å². The molecule has 0 aromatic heterocycles. The number of ketones is 1. The number of ether oxygens (including phenoxy) is 2. The van der Waals surface area contributed by atoms with E-state index in [1.54, 1.807) is 0 Å². The maximum absolute atomic E-state index is 13.8. The highest BCUT2D eigenvalue weighted by Crippen LogP contribution is 2.65. The summed E-state index contributed by atoms with van der Waals surface area (Å²) in [6.07, 6.45) is 30.6.